The van der Waals surface area contributed by atoms with Gasteiger partial charge in [0, 0.05) is 18.2 Å². The molecule has 1 saturated heterocycles. The first kappa shape index (κ1) is 17.5. The van der Waals surface area contributed by atoms with Gasteiger partial charge in [-0.1, -0.05) is 12.8 Å². The zero-order valence-corrected chi connectivity index (χ0v) is 15.1. The number of hydrogen-bond donors (Lipinski definition) is 0. The molecule has 1 aliphatic heterocycles. The second-order valence-corrected chi connectivity index (χ2v) is 9.04. The standard InChI is InChI=1S/C18H21F2N3O2S/c19-13-7-8-16(20)15(12-13)17-6-3-11-22(17)18-9-10-21-23(18)26(24,25)14-4-1-2-5-14/h7-10,12,14,17H,1-6,11H2/t17-/m1/s1. The van der Waals surface area contributed by atoms with Crippen molar-refractivity contribution in [2.24, 2.45) is 0 Å². The highest BCUT2D eigenvalue weighted by atomic mass is 32.2. The first-order chi connectivity index (χ1) is 12.5. The first-order valence-corrected chi connectivity index (χ1v) is 10.5. The van der Waals surface area contributed by atoms with Gasteiger partial charge in [-0.2, -0.15) is 5.10 Å². The maximum absolute atomic E-state index is 14.3. The van der Waals surface area contributed by atoms with Crippen LogP contribution >= 0.6 is 0 Å². The minimum Gasteiger partial charge on any atom is -0.349 e. The van der Waals surface area contributed by atoms with Crippen molar-refractivity contribution in [3.05, 3.63) is 47.7 Å². The van der Waals surface area contributed by atoms with Crippen LogP contribution in [0.3, 0.4) is 0 Å². The molecule has 0 spiro atoms. The molecule has 4 rings (SSSR count). The van der Waals surface area contributed by atoms with E-state index in [-0.39, 0.29) is 5.56 Å². The van der Waals surface area contributed by atoms with Gasteiger partial charge < -0.3 is 4.90 Å². The van der Waals surface area contributed by atoms with Crippen molar-refractivity contribution in [3.63, 3.8) is 0 Å². The number of benzene rings is 1. The summed E-state index contributed by atoms with van der Waals surface area (Å²) in [6, 6.07) is 4.65. The van der Waals surface area contributed by atoms with E-state index in [0.717, 1.165) is 35.5 Å². The van der Waals surface area contributed by atoms with Gasteiger partial charge in [0.1, 0.15) is 17.5 Å². The van der Waals surface area contributed by atoms with E-state index in [1.807, 2.05) is 4.90 Å². The lowest BCUT2D eigenvalue weighted by Gasteiger charge is -2.28. The second kappa shape index (κ2) is 6.64. The third-order valence-corrected chi connectivity index (χ3v) is 7.50. The zero-order valence-electron chi connectivity index (χ0n) is 14.3. The molecule has 0 N–H and O–H groups in total. The topological polar surface area (TPSA) is 55.2 Å². The van der Waals surface area contributed by atoms with Crippen LogP contribution in [0.15, 0.2) is 30.5 Å². The molecule has 0 radical (unpaired) electrons. The van der Waals surface area contributed by atoms with Crippen LogP contribution in [0.2, 0.25) is 0 Å². The Morgan fingerprint density at radius 1 is 1.04 bits per heavy atom. The van der Waals surface area contributed by atoms with Crippen molar-refractivity contribution in [2.45, 2.75) is 49.8 Å². The lowest BCUT2D eigenvalue weighted by atomic mass is 10.0. The molecule has 0 amide bonds. The van der Waals surface area contributed by atoms with Crippen LogP contribution in [-0.4, -0.2) is 29.4 Å². The Kier molecular flexibility index (Phi) is 4.46. The fourth-order valence-electron chi connectivity index (χ4n) is 4.15. The van der Waals surface area contributed by atoms with Crippen LogP contribution < -0.4 is 4.90 Å². The summed E-state index contributed by atoms with van der Waals surface area (Å²) in [5.74, 6) is -0.545. The smallest absolute Gasteiger partial charge is 0.258 e. The number of hydrogen-bond acceptors (Lipinski definition) is 4. The predicted molar refractivity (Wildman–Crippen MR) is 94.5 cm³/mol. The average molecular weight is 381 g/mol. The largest absolute Gasteiger partial charge is 0.349 e. The molecular weight excluding hydrogens is 360 g/mol. The van der Waals surface area contributed by atoms with Crippen LogP contribution in [0, 0.1) is 11.6 Å². The summed E-state index contributed by atoms with van der Waals surface area (Å²) >= 11 is 0. The Hall–Kier alpha value is -1.96. The number of nitrogens with zero attached hydrogens (tertiary/aromatic N) is 3. The van der Waals surface area contributed by atoms with E-state index >= 15 is 0 Å². The number of halogens is 2. The molecule has 8 heteroatoms. The van der Waals surface area contributed by atoms with Gasteiger partial charge in [0.2, 0.25) is 0 Å². The highest BCUT2D eigenvalue weighted by Gasteiger charge is 2.36. The molecule has 1 atom stereocenters. The summed E-state index contributed by atoms with van der Waals surface area (Å²) < 4.78 is 55.0. The van der Waals surface area contributed by atoms with Crippen LogP contribution in [0.1, 0.15) is 50.1 Å². The molecule has 1 saturated carbocycles. The van der Waals surface area contributed by atoms with E-state index in [1.165, 1.54) is 12.3 Å². The summed E-state index contributed by atoms with van der Waals surface area (Å²) in [6.07, 6.45) is 5.96. The van der Waals surface area contributed by atoms with Crippen molar-refractivity contribution in [2.75, 3.05) is 11.4 Å². The summed E-state index contributed by atoms with van der Waals surface area (Å²) in [4.78, 5) is 1.83. The third-order valence-electron chi connectivity index (χ3n) is 5.42. The molecule has 1 aliphatic carbocycles. The van der Waals surface area contributed by atoms with E-state index in [1.54, 1.807) is 6.07 Å². The monoisotopic (exact) mass is 381 g/mol. The molecule has 2 aliphatic rings. The molecule has 0 unspecified atom stereocenters. The minimum absolute atomic E-state index is 0.258. The maximum atomic E-state index is 14.3. The lowest BCUT2D eigenvalue weighted by molar-refractivity contribution is 0.552. The van der Waals surface area contributed by atoms with Gasteiger partial charge in [-0.3, -0.25) is 0 Å². The van der Waals surface area contributed by atoms with Crippen LogP contribution in [-0.2, 0) is 10.0 Å². The number of rotatable bonds is 4. The van der Waals surface area contributed by atoms with Gasteiger partial charge in [-0.15, -0.1) is 4.09 Å². The van der Waals surface area contributed by atoms with E-state index in [9.17, 15) is 17.2 Å². The maximum Gasteiger partial charge on any atom is 0.258 e. The molecule has 1 aromatic carbocycles. The van der Waals surface area contributed by atoms with Gasteiger partial charge in [0.05, 0.1) is 17.5 Å². The summed E-state index contributed by atoms with van der Waals surface area (Å²) in [5, 5.41) is 3.64. The van der Waals surface area contributed by atoms with Gasteiger partial charge >= 0.3 is 0 Å². The van der Waals surface area contributed by atoms with Gasteiger partial charge in [-0.05, 0) is 43.9 Å². The van der Waals surface area contributed by atoms with Crippen molar-refractivity contribution in [1.29, 1.82) is 0 Å². The van der Waals surface area contributed by atoms with Crippen LogP contribution in [0.5, 0.6) is 0 Å². The fraction of sp³-hybridized carbons (Fsp3) is 0.500. The Labute approximate surface area is 151 Å². The number of aromatic nitrogens is 2. The lowest BCUT2D eigenvalue weighted by Crippen LogP contribution is -2.32. The van der Waals surface area contributed by atoms with E-state index < -0.39 is 32.9 Å². The summed E-state index contributed by atoms with van der Waals surface area (Å²) in [5.41, 5.74) is 0.258. The average Bonchev–Trinajstić information content (AvgIpc) is 3.37. The molecule has 26 heavy (non-hydrogen) atoms. The van der Waals surface area contributed by atoms with Crippen LogP contribution in [0.4, 0.5) is 14.6 Å². The van der Waals surface area contributed by atoms with Gasteiger partial charge in [-0.25, -0.2) is 17.2 Å². The van der Waals surface area contributed by atoms with Gasteiger partial charge in [0.15, 0.2) is 0 Å². The Balaban J connectivity index is 1.72. The Morgan fingerprint density at radius 3 is 2.58 bits per heavy atom. The van der Waals surface area contributed by atoms with Crippen LogP contribution in [0.25, 0.3) is 0 Å². The second-order valence-electron chi connectivity index (χ2n) is 7.00. The normalized spacial score (nSPS) is 21.6. The first-order valence-electron chi connectivity index (χ1n) is 8.98. The van der Waals surface area contributed by atoms with Crippen molar-refractivity contribution in [3.8, 4) is 0 Å². The molecule has 5 nitrogen and oxygen atoms in total. The quantitative estimate of drug-likeness (QED) is 0.812. The molecule has 2 heterocycles. The third kappa shape index (κ3) is 2.90. The molecular formula is C18H21F2N3O2S. The molecule has 0 bridgehead atoms. The SMILES string of the molecule is O=S(=O)(C1CCCC1)n1nccc1N1CCC[C@@H]1c1cc(F)ccc1F. The van der Waals surface area contributed by atoms with E-state index in [0.29, 0.717) is 31.6 Å². The van der Waals surface area contributed by atoms with Gasteiger partial charge in [0.25, 0.3) is 10.0 Å². The summed E-state index contributed by atoms with van der Waals surface area (Å²) in [7, 11) is -3.59. The fourth-order valence-corrected chi connectivity index (χ4v) is 5.97. The van der Waals surface area contributed by atoms with Crippen molar-refractivity contribution < 1.29 is 17.2 Å². The van der Waals surface area contributed by atoms with Crippen molar-refractivity contribution in [1.82, 2.24) is 9.19 Å². The Morgan fingerprint density at radius 2 is 1.81 bits per heavy atom. The minimum atomic E-state index is -3.59. The molecule has 1 aromatic heterocycles. The highest BCUT2D eigenvalue weighted by molar-refractivity contribution is 7.90. The molecule has 2 aromatic rings. The Bertz CT molecular complexity index is 907. The predicted octanol–water partition coefficient (Wildman–Crippen LogP) is 3.62. The zero-order chi connectivity index (χ0) is 18.3. The highest BCUT2D eigenvalue weighted by Crippen LogP contribution is 2.38. The number of anilines is 1. The summed E-state index contributed by atoms with van der Waals surface area (Å²) in [6.45, 7) is 0.576. The van der Waals surface area contributed by atoms with Crippen molar-refractivity contribution >= 4 is 15.8 Å². The van der Waals surface area contributed by atoms with E-state index in [2.05, 4.69) is 5.10 Å². The molecule has 140 valence electrons. The molecule has 2 fully saturated rings. The van der Waals surface area contributed by atoms with E-state index in [4.69, 9.17) is 0 Å².